The van der Waals surface area contributed by atoms with Gasteiger partial charge >= 0.3 is 0 Å². The molecule has 0 bridgehead atoms. The molecule has 1 N–H and O–H groups in total. The van der Waals surface area contributed by atoms with Crippen molar-refractivity contribution in [1.29, 1.82) is 0 Å². The van der Waals surface area contributed by atoms with Gasteiger partial charge in [-0.2, -0.15) is 12.6 Å². The maximum Gasteiger partial charge on any atom is 0.220 e. The Morgan fingerprint density at radius 1 is 0.800 bits per heavy atom. The molecule has 0 heterocycles. The Balaban J connectivity index is 1.40. The molecule has 4 heteroatoms. The normalized spacial score (nSPS) is 11.8. The third-order valence-corrected chi connectivity index (χ3v) is 5.66. The van der Waals surface area contributed by atoms with Crippen LogP contribution in [0.3, 0.4) is 0 Å². The lowest BCUT2D eigenvalue weighted by atomic mass is 10.1. The van der Waals surface area contributed by atoms with E-state index in [0.29, 0.717) is 12.2 Å². The van der Waals surface area contributed by atoms with Gasteiger partial charge in [-0.3, -0.25) is 4.79 Å². The summed E-state index contributed by atoms with van der Waals surface area (Å²) in [5.74, 6) is 1.78. The fraction of sp³-hybridized carbons (Fsp3) is 0.500. The van der Waals surface area contributed by atoms with Gasteiger partial charge in [0.05, 0.1) is 6.61 Å². The molecule has 0 aliphatic heterocycles. The summed E-state index contributed by atoms with van der Waals surface area (Å²) >= 11 is 4.39. The topological polar surface area (TPSA) is 38.3 Å². The van der Waals surface area contributed by atoms with Crippen molar-refractivity contribution in [3.63, 3.8) is 0 Å². The number of unbranched alkanes of at least 4 members (excludes halogenated alkanes) is 7. The average molecular weight is 428 g/mol. The Bertz CT molecular complexity index is 678. The number of nitrogens with one attached hydrogen (secondary N) is 1. The molecule has 3 nitrogen and oxygen atoms in total. The molecule has 0 aliphatic rings. The number of amides is 1. The van der Waals surface area contributed by atoms with E-state index in [4.69, 9.17) is 4.74 Å². The van der Waals surface area contributed by atoms with E-state index in [-0.39, 0.29) is 11.9 Å². The molecule has 2 aromatic rings. The highest BCUT2D eigenvalue weighted by atomic mass is 32.1. The molecule has 164 valence electrons. The smallest absolute Gasteiger partial charge is 0.220 e. The molecule has 0 spiro atoms. The molecule has 0 unspecified atom stereocenters. The van der Waals surface area contributed by atoms with Gasteiger partial charge in [0.15, 0.2) is 0 Å². The molecular weight excluding hydrogens is 390 g/mol. The van der Waals surface area contributed by atoms with E-state index in [1.807, 2.05) is 48.5 Å². The van der Waals surface area contributed by atoms with Crippen LogP contribution in [0.5, 0.6) is 5.75 Å². The van der Waals surface area contributed by atoms with Crippen molar-refractivity contribution in [2.75, 3.05) is 12.4 Å². The summed E-state index contributed by atoms with van der Waals surface area (Å²) in [7, 11) is 0. The number of carbonyl (C=O) groups excluding carboxylic acids is 1. The number of rotatable bonds is 16. The number of para-hydroxylation sites is 1. The predicted octanol–water partition coefficient (Wildman–Crippen LogP) is 6.23. The number of carbonyl (C=O) groups is 1. The molecule has 1 atom stereocenters. The Labute approximate surface area is 188 Å². The maximum absolute atomic E-state index is 12.2. The van der Waals surface area contributed by atoms with Crippen molar-refractivity contribution in [2.45, 2.75) is 70.3 Å². The van der Waals surface area contributed by atoms with Crippen LogP contribution in [-0.4, -0.2) is 24.3 Å². The summed E-state index contributed by atoms with van der Waals surface area (Å²) in [5.41, 5.74) is 1.24. The molecule has 0 aromatic heterocycles. The largest absolute Gasteiger partial charge is 0.494 e. The SMILES string of the molecule is O=C(CCCCCCCCCCOc1ccccc1)N[C@@H](CS)Cc1ccccc1. The van der Waals surface area contributed by atoms with Crippen molar-refractivity contribution in [3.05, 3.63) is 66.2 Å². The third kappa shape index (κ3) is 11.3. The molecule has 0 fully saturated rings. The first-order valence-corrected chi connectivity index (χ1v) is 12.0. The molecule has 0 saturated carbocycles. The van der Waals surface area contributed by atoms with E-state index in [1.165, 1.54) is 37.7 Å². The fourth-order valence-corrected chi connectivity index (χ4v) is 3.74. The molecule has 0 saturated heterocycles. The van der Waals surface area contributed by atoms with Gasteiger partial charge in [0.2, 0.25) is 5.91 Å². The Morgan fingerprint density at radius 3 is 2.00 bits per heavy atom. The first kappa shape index (κ1) is 24.3. The van der Waals surface area contributed by atoms with Crippen LogP contribution in [0.1, 0.15) is 63.4 Å². The van der Waals surface area contributed by atoms with E-state index in [0.717, 1.165) is 38.0 Å². The summed E-state index contributed by atoms with van der Waals surface area (Å²) in [5, 5.41) is 3.13. The van der Waals surface area contributed by atoms with Gasteiger partial charge in [-0.15, -0.1) is 0 Å². The standard InChI is InChI=1S/C26H37NO2S/c28-26(27-24(22-30)21-23-15-9-7-10-16-23)19-13-5-3-1-2-4-6-14-20-29-25-17-11-8-12-18-25/h7-12,15-18,24,30H,1-6,13-14,19-22H2,(H,27,28)/t24-/m1/s1. The third-order valence-electron chi connectivity index (χ3n) is 5.22. The Kier molecular flexibility index (Phi) is 12.8. The second-order valence-corrected chi connectivity index (χ2v) is 8.24. The second kappa shape index (κ2) is 15.8. The van der Waals surface area contributed by atoms with Crippen molar-refractivity contribution >= 4 is 18.5 Å². The van der Waals surface area contributed by atoms with Crippen LogP contribution in [0.25, 0.3) is 0 Å². The first-order chi connectivity index (χ1) is 14.8. The van der Waals surface area contributed by atoms with Crippen LogP contribution < -0.4 is 10.1 Å². The zero-order valence-electron chi connectivity index (χ0n) is 18.1. The first-order valence-electron chi connectivity index (χ1n) is 11.4. The number of thiol groups is 1. The summed E-state index contributed by atoms with van der Waals surface area (Å²) in [6, 6.07) is 20.4. The zero-order valence-corrected chi connectivity index (χ0v) is 19.0. The minimum Gasteiger partial charge on any atom is -0.494 e. The van der Waals surface area contributed by atoms with E-state index in [9.17, 15) is 4.79 Å². The quantitative estimate of drug-likeness (QED) is 0.246. The van der Waals surface area contributed by atoms with E-state index < -0.39 is 0 Å². The van der Waals surface area contributed by atoms with Crippen molar-refractivity contribution in [1.82, 2.24) is 5.32 Å². The van der Waals surface area contributed by atoms with Gasteiger partial charge in [0.25, 0.3) is 0 Å². The molecule has 0 aliphatic carbocycles. The van der Waals surface area contributed by atoms with Crippen molar-refractivity contribution in [2.24, 2.45) is 0 Å². The summed E-state index contributed by atoms with van der Waals surface area (Å²) in [4.78, 5) is 12.2. The number of ether oxygens (including phenoxy) is 1. The molecule has 1 amide bonds. The highest BCUT2D eigenvalue weighted by Crippen LogP contribution is 2.12. The van der Waals surface area contributed by atoms with Crippen LogP contribution in [0.2, 0.25) is 0 Å². The van der Waals surface area contributed by atoms with Crippen LogP contribution in [0.15, 0.2) is 60.7 Å². The van der Waals surface area contributed by atoms with Gasteiger partial charge in [-0.1, -0.05) is 87.1 Å². The van der Waals surface area contributed by atoms with Gasteiger partial charge < -0.3 is 10.1 Å². The minimum atomic E-state index is 0.106. The summed E-state index contributed by atoms with van der Waals surface area (Å²) < 4.78 is 5.71. The monoisotopic (exact) mass is 427 g/mol. The van der Waals surface area contributed by atoms with Gasteiger partial charge in [-0.25, -0.2) is 0 Å². The van der Waals surface area contributed by atoms with Gasteiger partial charge in [0, 0.05) is 18.2 Å². The number of hydrogen-bond acceptors (Lipinski definition) is 3. The van der Waals surface area contributed by atoms with Gasteiger partial charge in [0.1, 0.15) is 5.75 Å². The highest BCUT2D eigenvalue weighted by molar-refractivity contribution is 7.80. The van der Waals surface area contributed by atoms with Crippen LogP contribution >= 0.6 is 12.6 Å². The number of hydrogen-bond donors (Lipinski definition) is 2. The predicted molar refractivity (Wildman–Crippen MR) is 129 cm³/mol. The van der Waals surface area contributed by atoms with E-state index >= 15 is 0 Å². The molecule has 0 radical (unpaired) electrons. The summed E-state index contributed by atoms with van der Waals surface area (Å²) in [6.45, 7) is 0.802. The van der Waals surface area contributed by atoms with Crippen LogP contribution in [0, 0.1) is 0 Å². The van der Waals surface area contributed by atoms with Gasteiger partial charge in [-0.05, 0) is 37.0 Å². The zero-order chi connectivity index (χ0) is 21.3. The molecule has 30 heavy (non-hydrogen) atoms. The lowest BCUT2D eigenvalue weighted by Crippen LogP contribution is -2.37. The average Bonchev–Trinajstić information content (AvgIpc) is 2.78. The fourth-order valence-electron chi connectivity index (χ4n) is 3.51. The Morgan fingerprint density at radius 2 is 1.37 bits per heavy atom. The highest BCUT2D eigenvalue weighted by Gasteiger charge is 2.11. The summed E-state index contributed by atoms with van der Waals surface area (Å²) in [6.07, 6.45) is 10.9. The maximum atomic E-state index is 12.2. The lowest BCUT2D eigenvalue weighted by Gasteiger charge is -2.16. The molecule has 2 rings (SSSR count). The van der Waals surface area contributed by atoms with Crippen LogP contribution in [-0.2, 0) is 11.2 Å². The second-order valence-electron chi connectivity index (χ2n) is 7.88. The van der Waals surface area contributed by atoms with Crippen molar-refractivity contribution in [3.8, 4) is 5.75 Å². The minimum absolute atomic E-state index is 0.106. The van der Waals surface area contributed by atoms with Crippen LogP contribution in [0.4, 0.5) is 0 Å². The van der Waals surface area contributed by atoms with E-state index in [2.05, 4.69) is 30.1 Å². The lowest BCUT2D eigenvalue weighted by molar-refractivity contribution is -0.121. The van der Waals surface area contributed by atoms with Crippen molar-refractivity contribution < 1.29 is 9.53 Å². The number of benzene rings is 2. The van der Waals surface area contributed by atoms with E-state index in [1.54, 1.807) is 0 Å². The molecular formula is C26H37NO2S. The Hall–Kier alpha value is -1.94. The molecule has 2 aromatic carbocycles.